The summed E-state index contributed by atoms with van der Waals surface area (Å²) in [7, 11) is 0. The molecule has 0 saturated carbocycles. The molecule has 0 spiro atoms. The summed E-state index contributed by atoms with van der Waals surface area (Å²) >= 11 is -2.38. The molecule has 166 valence electrons. The van der Waals surface area contributed by atoms with Crippen molar-refractivity contribution in [1.82, 2.24) is 5.32 Å². The maximum atomic E-state index is 12.7. The van der Waals surface area contributed by atoms with Gasteiger partial charge in [-0.05, 0) is 62.1 Å². The summed E-state index contributed by atoms with van der Waals surface area (Å²) in [5.74, 6) is -0.0586. The van der Waals surface area contributed by atoms with E-state index in [1.54, 1.807) is 36.4 Å². The number of hydrogen-bond donors (Lipinski definition) is 3. The second-order valence-corrected chi connectivity index (χ2v) is 7.76. The minimum atomic E-state index is -2.38. The lowest BCUT2D eigenvalue weighted by atomic mass is 10.0. The molecule has 0 aliphatic heterocycles. The molecule has 2 atom stereocenters. The van der Waals surface area contributed by atoms with Gasteiger partial charge in [0.15, 0.2) is 0 Å². The van der Waals surface area contributed by atoms with Crippen molar-refractivity contribution < 1.29 is 18.7 Å². The molecule has 3 N–H and O–H groups in total. The lowest BCUT2D eigenvalue weighted by molar-refractivity contribution is -0.120. The van der Waals surface area contributed by atoms with Gasteiger partial charge in [0.1, 0.15) is 5.75 Å². The van der Waals surface area contributed by atoms with Crippen molar-refractivity contribution in [3.8, 4) is 5.75 Å². The Morgan fingerprint density at radius 3 is 2.52 bits per heavy atom. The van der Waals surface area contributed by atoms with Crippen LogP contribution < -0.4 is 10.0 Å². The van der Waals surface area contributed by atoms with E-state index in [1.807, 2.05) is 39.0 Å². The topological polar surface area (TPSA) is 114 Å². The van der Waals surface area contributed by atoms with Crippen molar-refractivity contribution in [3.63, 3.8) is 0 Å². The second kappa shape index (κ2) is 12.0. The quantitative estimate of drug-likeness (QED) is 0.385. The highest BCUT2D eigenvalue weighted by Crippen LogP contribution is 2.15. The molecule has 8 heteroatoms. The maximum absolute atomic E-state index is 12.7. The fraction of sp³-hybridized carbons (Fsp3) is 0.304. The number of allylic oxidation sites excluding steroid dienone is 2. The first kappa shape index (κ1) is 24.3. The Bertz CT molecular complexity index is 971. The van der Waals surface area contributed by atoms with Crippen LogP contribution >= 0.6 is 0 Å². The number of nitrogens with one attached hydrogen (secondary N) is 2. The predicted octanol–water partition coefficient (Wildman–Crippen LogP) is 3.64. The highest BCUT2D eigenvalue weighted by atomic mass is 32.2. The smallest absolute Gasteiger partial charge is 0.224 e. The Labute approximate surface area is 185 Å². The summed E-state index contributed by atoms with van der Waals surface area (Å²) in [6.45, 7) is 5.83. The molecule has 0 fully saturated rings. The highest BCUT2D eigenvalue weighted by molar-refractivity contribution is 7.80. The third-order valence-electron chi connectivity index (χ3n) is 4.73. The summed E-state index contributed by atoms with van der Waals surface area (Å²) in [6, 6.07) is 13.3. The number of phenolic OH excluding ortho intramolecular Hbond substituents is 1. The van der Waals surface area contributed by atoms with Crippen molar-refractivity contribution >= 4 is 28.6 Å². The molecule has 0 aliphatic rings. The SMILES string of the molecule is C/C=C(/CC)N=C(C)[C@H](Cc1ccc(NS(=O)[O-])cc1)NC(=O)Cc1cccc(O)c1. The first-order valence-corrected chi connectivity index (χ1v) is 11.1. The number of nitrogens with zero attached hydrogens (tertiary/aromatic N) is 1. The minimum Gasteiger partial charge on any atom is -0.755 e. The fourth-order valence-corrected chi connectivity index (χ4v) is 3.42. The zero-order valence-corrected chi connectivity index (χ0v) is 18.7. The molecular weight excluding hydrogens is 414 g/mol. The molecular formula is C23H28N3O4S-. The monoisotopic (exact) mass is 442 g/mol. The third kappa shape index (κ3) is 8.35. The van der Waals surface area contributed by atoms with Gasteiger partial charge in [-0.1, -0.05) is 37.3 Å². The van der Waals surface area contributed by atoms with E-state index < -0.39 is 11.3 Å². The van der Waals surface area contributed by atoms with Gasteiger partial charge in [0, 0.05) is 28.4 Å². The van der Waals surface area contributed by atoms with Gasteiger partial charge in [-0.15, -0.1) is 0 Å². The zero-order valence-electron chi connectivity index (χ0n) is 17.9. The summed E-state index contributed by atoms with van der Waals surface area (Å²) in [6.07, 6.45) is 3.37. The number of aromatic hydroxyl groups is 1. The van der Waals surface area contributed by atoms with Crippen molar-refractivity contribution in [2.24, 2.45) is 4.99 Å². The van der Waals surface area contributed by atoms with Gasteiger partial charge in [-0.2, -0.15) is 0 Å². The van der Waals surface area contributed by atoms with Crippen LogP contribution in [-0.2, 0) is 28.9 Å². The largest absolute Gasteiger partial charge is 0.755 e. The van der Waals surface area contributed by atoms with E-state index in [9.17, 15) is 18.7 Å². The number of carbonyl (C=O) groups is 1. The number of amides is 1. The third-order valence-corrected chi connectivity index (χ3v) is 5.13. The number of carbonyl (C=O) groups excluding carboxylic acids is 1. The van der Waals surface area contributed by atoms with Crippen LogP contribution in [0.5, 0.6) is 5.75 Å². The molecule has 2 rings (SSSR count). The van der Waals surface area contributed by atoms with Crippen molar-refractivity contribution in [3.05, 3.63) is 71.4 Å². The van der Waals surface area contributed by atoms with Crippen molar-refractivity contribution in [1.29, 1.82) is 0 Å². The Hall–Kier alpha value is -2.97. The van der Waals surface area contributed by atoms with Gasteiger partial charge in [0.25, 0.3) is 0 Å². The second-order valence-electron chi connectivity index (χ2n) is 7.09. The lowest BCUT2D eigenvalue weighted by Gasteiger charge is -2.20. The van der Waals surface area contributed by atoms with Gasteiger partial charge in [0.2, 0.25) is 5.91 Å². The Morgan fingerprint density at radius 2 is 1.94 bits per heavy atom. The molecule has 1 amide bonds. The van der Waals surface area contributed by atoms with Gasteiger partial charge in [-0.25, -0.2) is 0 Å². The summed E-state index contributed by atoms with van der Waals surface area (Å²) in [4.78, 5) is 17.4. The van der Waals surface area contributed by atoms with Crippen molar-refractivity contribution in [2.45, 2.75) is 46.1 Å². The summed E-state index contributed by atoms with van der Waals surface area (Å²) in [5, 5.41) is 12.7. The van der Waals surface area contributed by atoms with Gasteiger partial charge >= 0.3 is 0 Å². The first-order valence-electron chi connectivity index (χ1n) is 10.0. The normalized spacial score (nSPS) is 14.1. The van der Waals surface area contributed by atoms with E-state index in [0.717, 1.165) is 29.0 Å². The van der Waals surface area contributed by atoms with Gasteiger partial charge < -0.3 is 19.7 Å². The highest BCUT2D eigenvalue weighted by Gasteiger charge is 2.17. The Kier molecular flexibility index (Phi) is 9.42. The number of anilines is 1. The fourth-order valence-electron chi connectivity index (χ4n) is 3.09. The molecule has 7 nitrogen and oxygen atoms in total. The molecule has 2 aromatic rings. The van der Waals surface area contributed by atoms with E-state index in [-0.39, 0.29) is 24.1 Å². The van der Waals surface area contributed by atoms with Gasteiger partial charge in [0.05, 0.1) is 12.5 Å². The Balaban J connectivity index is 2.19. The van der Waals surface area contributed by atoms with Crippen LogP contribution in [-0.4, -0.2) is 31.5 Å². The molecule has 0 aliphatic carbocycles. The molecule has 0 bridgehead atoms. The van der Waals surface area contributed by atoms with Crippen LogP contribution in [0.3, 0.4) is 0 Å². The van der Waals surface area contributed by atoms with Crippen LogP contribution in [0.1, 0.15) is 38.3 Å². The standard InChI is InChI=1S/C23H29N3O4S/c1-4-19(5-2)24-16(3)22(14-17-9-11-20(12-10-17)26-31(29)30)25-23(28)15-18-7-6-8-21(27)13-18/h4,6-13,22,26-27H,5,14-15H2,1-3H3,(H,25,28)(H,29,30)/p-1/b19-4-,24-16?/t22-/m0/s1. The number of phenols is 1. The van der Waals surface area contributed by atoms with E-state index in [0.29, 0.717) is 12.1 Å². The molecule has 0 heterocycles. The molecule has 31 heavy (non-hydrogen) atoms. The number of benzene rings is 2. The number of aliphatic imine (C=N–C) groups is 1. The van der Waals surface area contributed by atoms with E-state index in [4.69, 9.17) is 0 Å². The minimum absolute atomic E-state index is 0.118. The van der Waals surface area contributed by atoms with Crippen LogP contribution in [0.4, 0.5) is 5.69 Å². The zero-order chi connectivity index (χ0) is 22.8. The summed E-state index contributed by atoms with van der Waals surface area (Å²) in [5.41, 5.74) is 3.82. The molecule has 1 unspecified atom stereocenters. The van der Waals surface area contributed by atoms with Crippen LogP contribution in [0.25, 0.3) is 0 Å². The van der Waals surface area contributed by atoms with E-state index in [1.165, 1.54) is 0 Å². The van der Waals surface area contributed by atoms with E-state index >= 15 is 0 Å². The average Bonchev–Trinajstić information content (AvgIpc) is 2.72. The molecule has 2 aromatic carbocycles. The number of rotatable bonds is 10. The average molecular weight is 443 g/mol. The summed E-state index contributed by atoms with van der Waals surface area (Å²) < 4.78 is 23.9. The van der Waals surface area contributed by atoms with Gasteiger partial charge in [-0.3, -0.25) is 14.0 Å². The van der Waals surface area contributed by atoms with Crippen LogP contribution in [0.15, 0.2) is 65.3 Å². The number of hydrogen-bond acceptors (Lipinski definition) is 5. The molecule has 0 aromatic heterocycles. The molecule has 0 saturated heterocycles. The lowest BCUT2D eigenvalue weighted by Crippen LogP contribution is -2.42. The predicted molar refractivity (Wildman–Crippen MR) is 124 cm³/mol. The molecule has 0 radical (unpaired) electrons. The maximum Gasteiger partial charge on any atom is 0.224 e. The Morgan fingerprint density at radius 1 is 1.23 bits per heavy atom. The van der Waals surface area contributed by atoms with Crippen LogP contribution in [0.2, 0.25) is 0 Å². The van der Waals surface area contributed by atoms with Crippen LogP contribution in [0, 0.1) is 0 Å². The first-order chi connectivity index (χ1) is 14.8. The van der Waals surface area contributed by atoms with E-state index in [2.05, 4.69) is 15.0 Å². The van der Waals surface area contributed by atoms with Crippen molar-refractivity contribution in [2.75, 3.05) is 4.72 Å².